The van der Waals surface area contributed by atoms with Crippen LogP contribution >= 0.6 is 35.8 Å². The molecule has 8 heteroatoms. The molecule has 1 saturated carbocycles. The standard InChI is InChI=1S/C16H23ClN2O2S2.ClH/c1-22-16-5-4-14(10-15(16)17)23(20,21)19-8-6-13(7-9-19)18-11-12-2-3-12;/h4-5,10,12-13,18H,2-3,6-9,11H2,1H3;1H. The second-order valence-electron chi connectivity index (χ2n) is 6.33. The minimum atomic E-state index is -3.44. The highest BCUT2D eigenvalue weighted by molar-refractivity contribution is 7.98. The normalized spacial score (nSPS) is 19.9. The molecule has 1 aromatic rings. The number of sulfonamides is 1. The lowest BCUT2D eigenvalue weighted by atomic mass is 10.1. The molecule has 0 atom stereocenters. The van der Waals surface area contributed by atoms with E-state index in [0.29, 0.717) is 29.0 Å². The molecular weight excluding hydrogens is 387 g/mol. The lowest BCUT2D eigenvalue weighted by Gasteiger charge is -2.31. The Morgan fingerprint density at radius 3 is 2.46 bits per heavy atom. The number of rotatable bonds is 6. The molecule has 0 aromatic heterocycles. The fourth-order valence-electron chi connectivity index (χ4n) is 2.91. The fourth-order valence-corrected chi connectivity index (χ4v) is 5.34. The van der Waals surface area contributed by atoms with Gasteiger partial charge in [-0.25, -0.2) is 8.42 Å². The molecule has 2 fully saturated rings. The molecule has 4 nitrogen and oxygen atoms in total. The second kappa shape index (κ2) is 8.60. The first-order valence-electron chi connectivity index (χ1n) is 8.08. The minimum Gasteiger partial charge on any atom is -0.314 e. The van der Waals surface area contributed by atoms with Gasteiger partial charge in [-0.2, -0.15) is 4.31 Å². The van der Waals surface area contributed by atoms with Crippen molar-refractivity contribution in [2.24, 2.45) is 5.92 Å². The van der Waals surface area contributed by atoms with E-state index in [4.69, 9.17) is 11.6 Å². The van der Waals surface area contributed by atoms with Crippen molar-refractivity contribution in [1.29, 1.82) is 0 Å². The predicted octanol–water partition coefficient (Wildman–Crippen LogP) is 3.64. The quantitative estimate of drug-likeness (QED) is 0.727. The summed E-state index contributed by atoms with van der Waals surface area (Å²) in [6.07, 6.45) is 6.36. The van der Waals surface area contributed by atoms with E-state index in [1.54, 1.807) is 22.5 Å². The van der Waals surface area contributed by atoms with Crippen LogP contribution in [0.15, 0.2) is 28.0 Å². The average Bonchev–Trinajstić information content (AvgIpc) is 3.37. The molecule has 136 valence electrons. The van der Waals surface area contributed by atoms with Gasteiger partial charge in [0, 0.05) is 24.0 Å². The first-order valence-corrected chi connectivity index (χ1v) is 11.1. The van der Waals surface area contributed by atoms with Crippen LogP contribution in [0.1, 0.15) is 25.7 Å². The summed E-state index contributed by atoms with van der Waals surface area (Å²) in [6, 6.07) is 5.46. The third kappa shape index (κ3) is 4.80. The molecule has 24 heavy (non-hydrogen) atoms. The number of hydrogen-bond donors (Lipinski definition) is 1. The van der Waals surface area contributed by atoms with Crippen LogP contribution < -0.4 is 5.32 Å². The summed E-state index contributed by atoms with van der Waals surface area (Å²) in [5, 5.41) is 4.07. The molecule has 1 saturated heterocycles. The van der Waals surface area contributed by atoms with Gasteiger partial charge in [-0.05, 0) is 62.6 Å². The van der Waals surface area contributed by atoms with Crippen molar-refractivity contribution in [3.63, 3.8) is 0 Å². The van der Waals surface area contributed by atoms with Crippen LogP contribution in [-0.2, 0) is 10.0 Å². The number of hydrogen-bond acceptors (Lipinski definition) is 4. The zero-order chi connectivity index (χ0) is 16.4. The predicted molar refractivity (Wildman–Crippen MR) is 103 cm³/mol. The van der Waals surface area contributed by atoms with Crippen molar-refractivity contribution in [3.05, 3.63) is 23.2 Å². The van der Waals surface area contributed by atoms with Crippen molar-refractivity contribution in [3.8, 4) is 0 Å². The van der Waals surface area contributed by atoms with Crippen molar-refractivity contribution >= 4 is 45.8 Å². The van der Waals surface area contributed by atoms with Gasteiger partial charge in [0.2, 0.25) is 10.0 Å². The summed E-state index contributed by atoms with van der Waals surface area (Å²) in [4.78, 5) is 1.19. The van der Waals surface area contributed by atoms with Crippen LogP contribution in [0.4, 0.5) is 0 Å². The van der Waals surface area contributed by atoms with E-state index in [9.17, 15) is 8.42 Å². The SMILES string of the molecule is CSc1ccc(S(=O)(=O)N2CCC(NCC3CC3)CC2)cc1Cl.Cl. The molecule has 1 aliphatic heterocycles. The van der Waals surface area contributed by atoms with E-state index in [-0.39, 0.29) is 12.4 Å². The smallest absolute Gasteiger partial charge is 0.243 e. The molecule has 0 unspecified atom stereocenters. The first kappa shape index (κ1) is 20.3. The molecule has 2 aliphatic rings. The third-order valence-corrected chi connectivity index (χ3v) is 7.72. The highest BCUT2D eigenvalue weighted by atomic mass is 35.5. The van der Waals surface area contributed by atoms with Gasteiger partial charge in [-0.15, -0.1) is 24.2 Å². The van der Waals surface area contributed by atoms with E-state index in [2.05, 4.69) is 5.32 Å². The fraction of sp³-hybridized carbons (Fsp3) is 0.625. The molecule has 1 heterocycles. The zero-order valence-electron chi connectivity index (χ0n) is 13.7. The Hall–Kier alpha value is 0.0200. The summed E-state index contributed by atoms with van der Waals surface area (Å²) >= 11 is 7.68. The van der Waals surface area contributed by atoms with Gasteiger partial charge in [-0.3, -0.25) is 0 Å². The summed E-state index contributed by atoms with van der Waals surface area (Å²) < 4.78 is 27.1. The first-order chi connectivity index (χ1) is 11.0. The Kier molecular flexibility index (Phi) is 7.29. The Labute approximate surface area is 160 Å². The van der Waals surface area contributed by atoms with Gasteiger partial charge >= 0.3 is 0 Å². The number of thioether (sulfide) groups is 1. The Bertz CT molecular complexity index is 658. The highest BCUT2D eigenvalue weighted by Gasteiger charge is 2.30. The third-order valence-electron chi connectivity index (χ3n) is 4.61. The number of nitrogens with zero attached hydrogens (tertiary/aromatic N) is 1. The van der Waals surface area contributed by atoms with E-state index >= 15 is 0 Å². The van der Waals surface area contributed by atoms with Crippen LogP contribution in [0.2, 0.25) is 5.02 Å². The second-order valence-corrected chi connectivity index (χ2v) is 9.52. The molecule has 0 bridgehead atoms. The molecule has 1 N–H and O–H groups in total. The number of benzene rings is 1. The van der Waals surface area contributed by atoms with Gasteiger partial charge < -0.3 is 5.32 Å². The van der Waals surface area contributed by atoms with Crippen LogP contribution in [0, 0.1) is 5.92 Å². The van der Waals surface area contributed by atoms with Gasteiger partial charge in [0.1, 0.15) is 0 Å². The molecular formula is C16H24Cl2N2O2S2. The lowest BCUT2D eigenvalue weighted by molar-refractivity contribution is 0.288. The van der Waals surface area contributed by atoms with Gasteiger partial charge in [0.15, 0.2) is 0 Å². The average molecular weight is 411 g/mol. The molecule has 1 aromatic carbocycles. The Morgan fingerprint density at radius 1 is 1.25 bits per heavy atom. The van der Waals surface area contributed by atoms with Crippen LogP contribution in [0.3, 0.4) is 0 Å². The van der Waals surface area contributed by atoms with Crippen molar-refractivity contribution in [2.75, 3.05) is 25.9 Å². The topological polar surface area (TPSA) is 49.4 Å². The minimum absolute atomic E-state index is 0. The van der Waals surface area contributed by atoms with Gasteiger partial charge in [-0.1, -0.05) is 11.6 Å². The largest absolute Gasteiger partial charge is 0.314 e. The molecule has 3 rings (SSSR count). The van der Waals surface area contributed by atoms with E-state index < -0.39 is 10.0 Å². The van der Waals surface area contributed by atoms with Crippen molar-refractivity contribution < 1.29 is 8.42 Å². The summed E-state index contributed by atoms with van der Waals surface area (Å²) in [6.45, 7) is 2.24. The maximum absolute atomic E-state index is 12.8. The Balaban J connectivity index is 0.00000208. The summed E-state index contributed by atoms with van der Waals surface area (Å²) in [5.41, 5.74) is 0. The van der Waals surface area contributed by atoms with Gasteiger partial charge in [0.25, 0.3) is 0 Å². The molecule has 0 radical (unpaired) electrons. The maximum atomic E-state index is 12.8. The number of halogens is 2. The van der Waals surface area contributed by atoms with E-state index in [1.165, 1.54) is 24.6 Å². The lowest BCUT2D eigenvalue weighted by Crippen LogP contribution is -2.45. The van der Waals surface area contributed by atoms with Crippen LogP contribution in [0.25, 0.3) is 0 Å². The van der Waals surface area contributed by atoms with Crippen molar-refractivity contribution in [2.45, 2.75) is 41.5 Å². The number of piperidine rings is 1. The summed E-state index contributed by atoms with van der Waals surface area (Å²) in [7, 11) is -3.44. The van der Waals surface area contributed by atoms with E-state index in [1.807, 2.05) is 6.26 Å². The Morgan fingerprint density at radius 2 is 1.92 bits per heavy atom. The number of nitrogens with one attached hydrogen (secondary N) is 1. The maximum Gasteiger partial charge on any atom is 0.243 e. The summed E-state index contributed by atoms with van der Waals surface area (Å²) in [5.74, 6) is 0.855. The molecule has 1 aliphatic carbocycles. The molecule has 0 amide bonds. The monoisotopic (exact) mass is 410 g/mol. The van der Waals surface area contributed by atoms with Crippen LogP contribution in [-0.4, -0.2) is 44.7 Å². The molecule has 0 spiro atoms. The van der Waals surface area contributed by atoms with Crippen LogP contribution in [0.5, 0.6) is 0 Å². The highest BCUT2D eigenvalue weighted by Crippen LogP contribution is 2.30. The van der Waals surface area contributed by atoms with E-state index in [0.717, 1.165) is 30.2 Å². The zero-order valence-corrected chi connectivity index (χ0v) is 16.9. The van der Waals surface area contributed by atoms with Crippen molar-refractivity contribution in [1.82, 2.24) is 9.62 Å². The van der Waals surface area contributed by atoms with Gasteiger partial charge in [0.05, 0.1) is 9.92 Å².